The van der Waals surface area contributed by atoms with Gasteiger partial charge in [-0.2, -0.15) is 4.31 Å². The molecule has 0 amide bonds. The number of hydrogen-bond donors (Lipinski definition) is 1. The van der Waals surface area contributed by atoms with Crippen molar-refractivity contribution in [3.05, 3.63) is 28.2 Å². The summed E-state index contributed by atoms with van der Waals surface area (Å²) in [5.41, 5.74) is 6.89. The van der Waals surface area contributed by atoms with Crippen molar-refractivity contribution in [2.24, 2.45) is 11.1 Å². The monoisotopic (exact) mass is 396 g/mol. The Kier molecular flexibility index (Phi) is 5.89. The highest BCUT2D eigenvalue weighted by Gasteiger charge is 2.39. The molecule has 21 heavy (non-hydrogen) atoms. The van der Waals surface area contributed by atoms with Crippen LogP contribution < -0.4 is 5.73 Å². The van der Waals surface area contributed by atoms with Crippen molar-refractivity contribution in [2.45, 2.75) is 38.1 Å². The van der Waals surface area contributed by atoms with E-state index in [2.05, 4.69) is 15.9 Å². The second-order valence-corrected chi connectivity index (χ2v) is 8.92. The molecule has 120 valence electrons. The van der Waals surface area contributed by atoms with Gasteiger partial charge >= 0.3 is 0 Å². The zero-order valence-corrected chi connectivity index (χ0v) is 15.7. The maximum atomic E-state index is 12.8. The number of nitrogens with two attached hydrogens (primary N) is 1. The summed E-state index contributed by atoms with van der Waals surface area (Å²) in [5.74, 6) is 0. The molecule has 0 radical (unpaired) electrons. The molecule has 4 nitrogen and oxygen atoms in total. The lowest BCUT2D eigenvalue weighted by Crippen LogP contribution is -2.53. The van der Waals surface area contributed by atoms with Crippen LogP contribution in [0.1, 0.15) is 25.8 Å². The van der Waals surface area contributed by atoms with Crippen molar-refractivity contribution >= 4 is 38.4 Å². The van der Waals surface area contributed by atoms with Gasteiger partial charge in [0.25, 0.3) is 0 Å². The number of halogens is 2. The lowest BCUT2D eigenvalue weighted by Gasteiger charge is -2.41. The van der Waals surface area contributed by atoms with E-state index < -0.39 is 10.0 Å². The fraction of sp³-hybridized carbons (Fsp3) is 0.571. The molecule has 1 unspecified atom stereocenters. The minimum absolute atomic E-state index is 0. The lowest BCUT2D eigenvalue weighted by atomic mass is 9.81. The third-order valence-electron chi connectivity index (χ3n) is 3.98. The predicted molar refractivity (Wildman–Crippen MR) is 91.3 cm³/mol. The topological polar surface area (TPSA) is 63.4 Å². The van der Waals surface area contributed by atoms with E-state index in [1.165, 1.54) is 0 Å². The van der Waals surface area contributed by atoms with E-state index in [-0.39, 0.29) is 23.9 Å². The van der Waals surface area contributed by atoms with Gasteiger partial charge in [0.1, 0.15) is 0 Å². The normalized spacial score (nSPS) is 22.6. The summed E-state index contributed by atoms with van der Waals surface area (Å²) in [6.07, 6.45) is 0.690. The third kappa shape index (κ3) is 3.79. The number of sulfonamides is 1. The minimum atomic E-state index is -3.47. The van der Waals surface area contributed by atoms with Crippen LogP contribution in [0.3, 0.4) is 0 Å². The van der Waals surface area contributed by atoms with Crippen LogP contribution in [-0.2, 0) is 10.0 Å². The van der Waals surface area contributed by atoms with Gasteiger partial charge in [0.15, 0.2) is 0 Å². The Balaban J connectivity index is 0.00000220. The SMILES string of the molecule is Cc1ccc(S(=O)(=O)N2CCC(N)C(C)(C)C2)c(Br)c1.Cl. The summed E-state index contributed by atoms with van der Waals surface area (Å²) < 4.78 is 27.7. The van der Waals surface area contributed by atoms with E-state index >= 15 is 0 Å². The number of piperidine rings is 1. The van der Waals surface area contributed by atoms with E-state index in [1.54, 1.807) is 10.4 Å². The van der Waals surface area contributed by atoms with Crippen LogP contribution in [0.2, 0.25) is 0 Å². The van der Waals surface area contributed by atoms with Gasteiger partial charge in [-0.15, -0.1) is 12.4 Å². The zero-order chi connectivity index (χ0) is 15.1. The third-order valence-corrected chi connectivity index (χ3v) is 6.80. The number of hydrogen-bond acceptors (Lipinski definition) is 3. The highest BCUT2D eigenvalue weighted by atomic mass is 79.9. The molecule has 1 aromatic rings. The van der Waals surface area contributed by atoms with Gasteiger partial charge in [-0.05, 0) is 52.4 Å². The summed E-state index contributed by atoms with van der Waals surface area (Å²) in [4.78, 5) is 0.328. The van der Waals surface area contributed by atoms with Gasteiger partial charge in [0.2, 0.25) is 10.0 Å². The van der Waals surface area contributed by atoms with Gasteiger partial charge in [-0.1, -0.05) is 19.9 Å². The van der Waals surface area contributed by atoms with Crippen molar-refractivity contribution in [1.29, 1.82) is 0 Å². The second-order valence-electron chi connectivity index (χ2n) is 6.16. The van der Waals surface area contributed by atoms with Crippen LogP contribution in [0.15, 0.2) is 27.6 Å². The molecule has 2 N–H and O–H groups in total. The largest absolute Gasteiger partial charge is 0.327 e. The molecule has 1 fully saturated rings. The Morgan fingerprint density at radius 1 is 1.38 bits per heavy atom. The summed E-state index contributed by atoms with van der Waals surface area (Å²) in [5, 5.41) is 0. The van der Waals surface area contributed by atoms with E-state index in [4.69, 9.17) is 5.73 Å². The average molecular weight is 398 g/mol. The van der Waals surface area contributed by atoms with Crippen LogP contribution in [-0.4, -0.2) is 31.9 Å². The van der Waals surface area contributed by atoms with Crippen LogP contribution in [0, 0.1) is 12.3 Å². The van der Waals surface area contributed by atoms with E-state index in [0.29, 0.717) is 28.9 Å². The summed E-state index contributed by atoms with van der Waals surface area (Å²) in [6, 6.07) is 5.35. The van der Waals surface area contributed by atoms with Crippen molar-refractivity contribution in [1.82, 2.24) is 4.31 Å². The van der Waals surface area contributed by atoms with Crippen LogP contribution in [0.25, 0.3) is 0 Å². The number of rotatable bonds is 2. The molecule has 1 saturated heterocycles. The fourth-order valence-corrected chi connectivity index (χ4v) is 5.26. The molecule has 1 aliphatic rings. The lowest BCUT2D eigenvalue weighted by molar-refractivity contribution is 0.155. The highest BCUT2D eigenvalue weighted by Crippen LogP contribution is 2.33. The first-order chi connectivity index (χ1) is 9.14. The Hall–Kier alpha value is -0.140. The number of benzene rings is 1. The maximum Gasteiger partial charge on any atom is 0.244 e. The molecule has 0 saturated carbocycles. The van der Waals surface area contributed by atoms with Crippen LogP contribution in [0.5, 0.6) is 0 Å². The molecule has 2 rings (SSSR count). The Labute approximate surface area is 141 Å². The summed E-state index contributed by atoms with van der Waals surface area (Å²) >= 11 is 3.36. The Morgan fingerprint density at radius 2 is 2.00 bits per heavy atom. The number of nitrogens with zero attached hydrogens (tertiary/aromatic N) is 1. The van der Waals surface area contributed by atoms with Gasteiger partial charge in [0.05, 0.1) is 4.90 Å². The molecule has 0 aromatic heterocycles. The fourth-order valence-electron chi connectivity index (χ4n) is 2.48. The van der Waals surface area contributed by atoms with E-state index in [1.807, 2.05) is 32.9 Å². The average Bonchev–Trinajstić information content (AvgIpc) is 2.31. The summed E-state index contributed by atoms with van der Waals surface area (Å²) in [7, 11) is -3.47. The molecular formula is C14H22BrClN2O2S. The first-order valence-electron chi connectivity index (χ1n) is 6.66. The van der Waals surface area contributed by atoms with E-state index in [9.17, 15) is 8.42 Å². The quantitative estimate of drug-likeness (QED) is 0.834. The smallest absolute Gasteiger partial charge is 0.244 e. The molecular weight excluding hydrogens is 376 g/mol. The molecule has 0 spiro atoms. The predicted octanol–water partition coefficient (Wildman–Crippen LogP) is 2.93. The van der Waals surface area contributed by atoms with Crippen molar-refractivity contribution < 1.29 is 8.42 Å². The van der Waals surface area contributed by atoms with Crippen molar-refractivity contribution in [3.63, 3.8) is 0 Å². The highest BCUT2D eigenvalue weighted by molar-refractivity contribution is 9.10. The molecule has 7 heteroatoms. The molecule has 1 aliphatic heterocycles. The molecule has 0 aliphatic carbocycles. The van der Waals surface area contributed by atoms with Gasteiger partial charge in [0, 0.05) is 23.6 Å². The zero-order valence-electron chi connectivity index (χ0n) is 12.5. The first-order valence-corrected chi connectivity index (χ1v) is 8.90. The van der Waals surface area contributed by atoms with Gasteiger partial charge in [-0.25, -0.2) is 8.42 Å². The van der Waals surface area contributed by atoms with E-state index in [0.717, 1.165) is 5.56 Å². The van der Waals surface area contributed by atoms with Crippen LogP contribution >= 0.6 is 28.3 Å². The first kappa shape index (κ1) is 18.9. The standard InChI is InChI=1S/C14H21BrN2O2S.ClH/c1-10-4-5-12(11(15)8-10)20(18,19)17-7-6-13(16)14(2,3)9-17;/h4-5,8,13H,6-7,9,16H2,1-3H3;1H. The minimum Gasteiger partial charge on any atom is -0.327 e. The maximum absolute atomic E-state index is 12.8. The van der Waals surface area contributed by atoms with Crippen LogP contribution in [0.4, 0.5) is 0 Å². The second kappa shape index (κ2) is 6.54. The van der Waals surface area contributed by atoms with Crippen molar-refractivity contribution in [3.8, 4) is 0 Å². The van der Waals surface area contributed by atoms with Gasteiger partial charge in [-0.3, -0.25) is 0 Å². The molecule has 0 bridgehead atoms. The van der Waals surface area contributed by atoms with Crippen molar-refractivity contribution in [2.75, 3.05) is 13.1 Å². The number of aryl methyl sites for hydroxylation is 1. The molecule has 1 atom stereocenters. The van der Waals surface area contributed by atoms with Gasteiger partial charge < -0.3 is 5.73 Å². The Morgan fingerprint density at radius 3 is 2.52 bits per heavy atom. The molecule has 1 heterocycles. The summed E-state index contributed by atoms with van der Waals surface area (Å²) in [6.45, 7) is 6.90. The Bertz CT molecular complexity index is 619. The molecule has 1 aromatic carbocycles.